The summed E-state index contributed by atoms with van der Waals surface area (Å²) in [7, 11) is -4.30. The summed E-state index contributed by atoms with van der Waals surface area (Å²) >= 11 is 0. The molecule has 0 fully saturated rings. The number of ether oxygens (including phenoxy) is 2. The average Bonchev–Trinajstić information content (AvgIpc) is 3.26. The van der Waals surface area contributed by atoms with E-state index >= 15 is 0 Å². The highest BCUT2D eigenvalue weighted by Crippen LogP contribution is 2.43. The lowest BCUT2D eigenvalue weighted by Crippen LogP contribution is -2.28. The van der Waals surface area contributed by atoms with Gasteiger partial charge in [0.1, 0.15) is 6.10 Å². The Morgan fingerprint density at radius 3 is 1.35 bits per heavy atom. The van der Waals surface area contributed by atoms with Gasteiger partial charge in [0.15, 0.2) is 0 Å². The van der Waals surface area contributed by atoms with E-state index in [0.717, 1.165) is 89.9 Å². The Hall–Kier alpha value is -2.58. The molecule has 0 saturated heterocycles. The molecular weight excluding hydrogens is 794 g/mol. The van der Waals surface area contributed by atoms with Gasteiger partial charge in [-0.15, -0.1) is 0 Å². The monoisotopic (exact) mass is 886 g/mol. The molecule has 0 aliphatic carbocycles. The summed E-state index contributed by atoms with van der Waals surface area (Å²) in [4.78, 5) is 22.6. The molecular formula is C53H92NO7P. The van der Waals surface area contributed by atoms with Crippen molar-refractivity contribution in [3.8, 4) is 0 Å². The van der Waals surface area contributed by atoms with Crippen LogP contribution in [-0.4, -0.2) is 49.9 Å². The normalized spacial score (nSPS) is 14.2. The van der Waals surface area contributed by atoms with E-state index in [9.17, 15) is 14.3 Å². The molecule has 3 N–H and O–H groups in total. The van der Waals surface area contributed by atoms with Crippen molar-refractivity contribution in [3.05, 3.63) is 97.2 Å². The van der Waals surface area contributed by atoms with E-state index in [4.69, 9.17) is 24.3 Å². The number of carbonyl (C=O) groups is 1. The summed E-state index contributed by atoms with van der Waals surface area (Å²) in [5, 5.41) is 0. The van der Waals surface area contributed by atoms with E-state index in [2.05, 4.69) is 111 Å². The lowest BCUT2D eigenvalue weighted by molar-refractivity contribution is -0.154. The van der Waals surface area contributed by atoms with E-state index in [1.54, 1.807) is 0 Å². The number of allylic oxidation sites excluding steroid dienone is 16. The maximum Gasteiger partial charge on any atom is 0.472 e. The minimum Gasteiger partial charge on any atom is -0.457 e. The molecule has 8 nitrogen and oxygen atoms in total. The van der Waals surface area contributed by atoms with Crippen LogP contribution in [-0.2, 0) is 27.9 Å². The lowest BCUT2D eigenvalue weighted by atomic mass is 10.1. The second-order valence-electron chi connectivity index (χ2n) is 15.9. The first kappa shape index (κ1) is 59.4. The van der Waals surface area contributed by atoms with Gasteiger partial charge in [0, 0.05) is 19.6 Å². The summed E-state index contributed by atoms with van der Waals surface area (Å²) in [6.07, 6.45) is 65.7. The van der Waals surface area contributed by atoms with Crippen LogP contribution in [0.5, 0.6) is 0 Å². The standard InChI is InChI=1S/C53H92NO7P/c1-3-5-7-9-11-13-15-17-19-21-23-24-25-26-27-29-31-33-35-37-39-41-43-45-48-58-50-52(51-60-62(56,57)59-49-47-54)61-53(55)46-44-42-40-38-36-34-32-30-28-22-20-18-16-14-12-10-8-6-4-2/h5,7,11-14,17-20,23-24,26-27,31,33,52H,3-4,6,8-10,15-16,21-22,25,28-30,32,34-51,54H2,1-2H3,(H,56,57)/b7-5-,13-11-,14-12-,19-17-,20-18-,24-23-,27-26-,33-31-. The van der Waals surface area contributed by atoms with Gasteiger partial charge in [-0.2, -0.15) is 0 Å². The van der Waals surface area contributed by atoms with Crippen molar-refractivity contribution in [2.75, 3.05) is 33.0 Å². The molecule has 0 aliphatic rings. The van der Waals surface area contributed by atoms with Crippen molar-refractivity contribution < 1.29 is 32.8 Å². The van der Waals surface area contributed by atoms with Crippen LogP contribution in [0.25, 0.3) is 0 Å². The van der Waals surface area contributed by atoms with Crippen molar-refractivity contribution >= 4 is 13.8 Å². The van der Waals surface area contributed by atoms with Crippen LogP contribution in [0.15, 0.2) is 97.2 Å². The van der Waals surface area contributed by atoms with Crippen molar-refractivity contribution in [2.24, 2.45) is 5.73 Å². The average molecular weight is 886 g/mol. The number of hydrogen-bond donors (Lipinski definition) is 2. The minimum absolute atomic E-state index is 0.0908. The summed E-state index contributed by atoms with van der Waals surface area (Å²) in [6.45, 7) is 4.72. The van der Waals surface area contributed by atoms with Gasteiger partial charge in [0.05, 0.1) is 19.8 Å². The summed E-state index contributed by atoms with van der Waals surface area (Å²) in [5.41, 5.74) is 5.38. The third-order valence-electron chi connectivity index (χ3n) is 9.99. The van der Waals surface area contributed by atoms with Gasteiger partial charge in [-0.25, -0.2) is 4.57 Å². The highest BCUT2D eigenvalue weighted by molar-refractivity contribution is 7.47. The zero-order chi connectivity index (χ0) is 45.1. The highest BCUT2D eigenvalue weighted by Gasteiger charge is 2.25. The van der Waals surface area contributed by atoms with E-state index in [1.165, 1.54) is 83.5 Å². The van der Waals surface area contributed by atoms with Gasteiger partial charge in [-0.1, -0.05) is 188 Å². The third kappa shape index (κ3) is 48.5. The highest BCUT2D eigenvalue weighted by atomic mass is 31.2. The van der Waals surface area contributed by atoms with Gasteiger partial charge in [0.25, 0.3) is 0 Å². The first-order valence-corrected chi connectivity index (χ1v) is 26.2. The number of phosphoric ester groups is 1. The number of phosphoric acid groups is 1. The molecule has 0 aromatic carbocycles. The SMILES string of the molecule is CC/C=C\C/C=C\C/C=C\C/C=C\C/C=C\C/C=C\CCCCCCCOCC(COP(=O)(O)OCCN)OC(=O)CCCCCCCCCCC/C=C\C/C=C\CCCCC. The Kier molecular flexibility index (Phi) is 47.4. The van der Waals surface area contributed by atoms with Gasteiger partial charge < -0.3 is 20.1 Å². The molecule has 9 heteroatoms. The fraction of sp³-hybridized carbons (Fsp3) is 0.679. The number of hydrogen-bond acceptors (Lipinski definition) is 7. The van der Waals surface area contributed by atoms with Crippen LogP contribution >= 0.6 is 7.82 Å². The molecule has 0 aromatic rings. The fourth-order valence-electron chi connectivity index (χ4n) is 6.38. The quantitative estimate of drug-likeness (QED) is 0.0269. The number of rotatable bonds is 46. The van der Waals surface area contributed by atoms with Gasteiger partial charge in [-0.3, -0.25) is 13.8 Å². The largest absolute Gasteiger partial charge is 0.472 e. The Morgan fingerprint density at radius 1 is 0.500 bits per heavy atom. The maximum atomic E-state index is 12.6. The molecule has 0 heterocycles. The minimum atomic E-state index is -4.30. The Bertz CT molecular complexity index is 1270. The number of carbonyl (C=O) groups excluding carboxylic acids is 1. The molecule has 0 saturated carbocycles. The predicted octanol–water partition coefficient (Wildman–Crippen LogP) is 15.4. The van der Waals surface area contributed by atoms with Gasteiger partial charge in [0.2, 0.25) is 0 Å². The topological polar surface area (TPSA) is 117 Å². The first-order valence-electron chi connectivity index (χ1n) is 24.7. The van der Waals surface area contributed by atoms with Crippen molar-refractivity contribution in [1.29, 1.82) is 0 Å². The zero-order valence-corrected chi connectivity index (χ0v) is 40.5. The van der Waals surface area contributed by atoms with Crippen LogP contribution in [0, 0.1) is 0 Å². The molecule has 356 valence electrons. The van der Waals surface area contributed by atoms with E-state index in [-0.39, 0.29) is 32.3 Å². The first-order chi connectivity index (χ1) is 30.4. The second-order valence-corrected chi connectivity index (χ2v) is 17.4. The van der Waals surface area contributed by atoms with Crippen molar-refractivity contribution in [2.45, 2.75) is 200 Å². The van der Waals surface area contributed by atoms with Crippen LogP contribution in [0.4, 0.5) is 0 Å². The summed E-state index contributed by atoms with van der Waals surface area (Å²) < 4.78 is 33.5. The molecule has 0 radical (unpaired) electrons. The Morgan fingerprint density at radius 2 is 0.903 bits per heavy atom. The molecule has 0 bridgehead atoms. The summed E-state index contributed by atoms with van der Waals surface area (Å²) in [5.74, 6) is -0.346. The van der Waals surface area contributed by atoms with E-state index < -0.39 is 13.9 Å². The molecule has 62 heavy (non-hydrogen) atoms. The van der Waals surface area contributed by atoms with Crippen LogP contribution in [0.2, 0.25) is 0 Å². The molecule has 2 atom stereocenters. The molecule has 0 rings (SSSR count). The third-order valence-corrected chi connectivity index (χ3v) is 11.0. The number of unbranched alkanes of at least 4 members (excludes halogenated alkanes) is 17. The van der Waals surface area contributed by atoms with Gasteiger partial charge >= 0.3 is 13.8 Å². The van der Waals surface area contributed by atoms with Gasteiger partial charge in [-0.05, 0) is 96.3 Å². The summed E-state index contributed by atoms with van der Waals surface area (Å²) in [6, 6.07) is 0. The van der Waals surface area contributed by atoms with Crippen molar-refractivity contribution in [3.63, 3.8) is 0 Å². The Balaban J connectivity index is 4.05. The van der Waals surface area contributed by atoms with Crippen LogP contribution in [0.3, 0.4) is 0 Å². The zero-order valence-electron chi connectivity index (χ0n) is 39.6. The molecule has 2 unspecified atom stereocenters. The Labute approximate surface area is 380 Å². The molecule has 0 spiro atoms. The molecule has 0 aromatic heterocycles. The second kappa shape index (κ2) is 49.4. The maximum absolute atomic E-state index is 12.6. The number of esters is 1. The predicted molar refractivity (Wildman–Crippen MR) is 265 cm³/mol. The molecule has 0 aliphatic heterocycles. The van der Waals surface area contributed by atoms with E-state index in [0.29, 0.717) is 13.0 Å². The number of nitrogens with two attached hydrogens (primary N) is 1. The van der Waals surface area contributed by atoms with Crippen LogP contribution in [0.1, 0.15) is 194 Å². The van der Waals surface area contributed by atoms with E-state index in [1.807, 2.05) is 0 Å². The van der Waals surface area contributed by atoms with Crippen molar-refractivity contribution in [1.82, 2.24) is 0 Å². The van der Waals surface area contributed by atoms with Crippen LogP contribution < -0.4 is 5.73 Å². The fourth-order valence-corrected chi connectivity index (χ4v) is 7.15. The smallest absolute Gasteiger partial charge is 0.457 e. The molecule has 0 amide bonds. The lowest BCUT2D eigenvalue weighted by Gasteiger charge is -2.20.